The van der Waals surface area contributed by atoms with Gasteiger partial charge in [-0.1, -0.05) is 32.4 Å². The van der Waals surface area contributed by atoms with Crippen molar-refractivity contribution >= 4 is 17.7 Å². The fraction of sp³-hybridized carbons (Fsp3) is 0.692. The zero-order valence-electron chi connectivity index (χ0n) is 12.5. The number of rotatable bonds is 4. The van der Waals surface area contributed by atoms with Crippen molar-refractivity contribution < 1.29 is 14.6 Å². The summed E-state index contributed by atoms with van der Waals surface area (Å²) in [4.78, 5) is 15.1. The molecule has 2 unspecified atom stereocenters. The lowest BCUT2D eigenvalue weighted by molar-refractivity contribution is 0.0922. The number of aliphatic hydroxyl groups excluding tert-OH is 1. The molecule has 0 aromatic carbocycles. The van der Waals surface area contributed by atoms with Gasteiger partial charge in [0.25, 0.3) is 0 Å². The third-order valence-corrected chi connectivity index (χ3v) is 3.45. The number of aliphatic hydroxyl groups is 1. The van der Waals surface area contributed by atoms with Crippen LogP contribution in [0, 0.1) is 12.3 Å². The maximum Gasteiger partial charge on any atom is 0.404 e. The summed E-state index contributed by atoms with van der Waals surface area (Å²) in [6.45, 7) is 9.50. The molecule has 0 saturated carbocycles. The number of halogens is 1. The lowest BCUT2D eigenvalue weighted by Crippen LogP contribution is -2.32. The molecule has 114 valence electrons. The van der Waals surface area contributed by atoms with E-state index >= 15 is 0 Å². The van der Waals surface area contributed by atoms with Crippen molar-refractivity contribution in [3.63, 3.8) is 0 Å². The molecule has 0 spiro atoms. The van der Waals surface area contributed by atoms with Gasteiger partial charge in [0.05, 0.1) is 17.8 Å². The van der Waals surface area contributed by atoms with Gasteiger partial charge in [-0.05, 0) is 19.3 Å². The maximum atomic E-state index is 10.9. The summed E-state index contributed by atoms with van der Waals surface area (Å²) in [6, 6.07) is -0.236. The maximum absolute atomic E-state index is 10.9. The molecule has 1 rings (SSSR count). The number of nitrogens with two attached hydrogens (primary N) is 1. The molecule has 0 aliphatic heterocycles. The molecule has 2 atom stereocenters. The van der Waals surface area contributed by atoms with Crippen LogP contribution in [0.1, 0.15) is 51.4 Å². The number of ether oxygens (including phenoxy) is 1. The minimum atomic E-state index is -0.832. The van der Waals surface area contributed by atoms with Crippen LogP contribution in [0.4, 0.5) is 4.79 Å². The van der Waals surface area contributed by atoms with Crippen LogP contribution in [0.5, 0.6) is 0 Å². The Hall–Kier alpha value is -1.27. The average molecular weight is 304 g/mol. The zero-order chi connectivity index (χ0) is 15.7. The lowest BCUT2D eigenvalue weighted by atomic mass is 9.86. The molecule has 0 aliphatic rings. The van der Waals surface area contributed by atoms with Crippen molar-refractivity contribution in [1.82, 2.24) is 9.55 Å². The van der Waals surface area contributed by atoms with E-state index in [1.54, 1.807) is 13.8 Å². The highest BCUT2D eigenvalue weighted by Gasteiger charge is 2.32. The molecular formula is C13H22ClN3O3. The van der Waals surface area contributed by atoms with E-state index < -0.39 is 12.2 Å². The number of nitrogens with zero attached hydrogens (tertiary/aromatic N) is 2. The number of hydrogen-bond acceptors (Lipinski definition) is 4. The van der Waals surface area contributed by atoms with Crippen LogP contribution < -0.4 is 5.73 Å². The molecule has 1 amide bonds. The molecule has 0 bridgehead atoms. The third-order valence-electron chi connectivity index (χ3n) is 3.17. The molecule has 7 heteroatoms. The molecule has 0 radical (unpaired) electrons. The van der Waals surface area contributed by atoms with E-state index in [1.165, 1.54) is 0 Å². The predicted octanol–water partition coefficient (Wildman–Crippen LogP) is 2.58. The van der Waals surface area contributed by atoms with Gasteiger partial charge >= 0.3 is 6.09 Å². The van der Waals surface area contributed by atoms with E-state index in [0.717, 1.165) is 0 Å². The van der Waals surface area contributed by atoms with Crippen LogP contribution in [-0.2, 0) is 4.74 Å². The standard InChI is InChI=1S/C13H22ClN3O3/c1-7(18)10-11(14)16-8(2)17(10)9(13(3,4)5)6-20-12(15)19/h7,9,18H,6H2,1-5H3,(H2,15,19). The van der Waals surface area contributed by atoms with Gasteiger partial charge in [0.2, 0.25) is 0 Å². The molecule has 3 N–H and O–H groups in total. The Kier molecular flexibility index (Phi) is 5.05. The van der Waals surface area contributed by atoms with Crippen molar-refractivity contribution in [2.75, 3.05) is 6.61 Å². The summed E-state index contributed by atoms with van der Waals surface area (Å²) < 4.78 is 6.76. The number of hydrogen-bond donors (Lipinski definition) is 2. The van der Waals surface area contributed by atoms with Crippen LogP contribution in [0.2, 0.25) is 5.15 Å². The first-order valence-electron chi connectivity index (χ1n) is 6.40. The second-order valence-electron chi connectivity index (χ2n) is 5.89. The van der Waals surface area contributed by atoms with Crippen molar-refractivity contribution in [2.45, 2.75) is 46.8 Å². The van der Waals surface area contributed by atoms with E-state index in [0.29, 0.717) is 11.5 Å². The SMILES string of the molecule is Cc1nc(Cl)c(C(C)O)n1C(COC(N)=O)C(C)(C)C. The monoisotopic (exact) mass is 303 g/mol. The minimum Gasteiger partial charge on any atom is -0.447 e. The Bertz CT molecular complexity index is 492. The Morgan fingerprint density at radius 3 is 2.50 bits per heavy atom. The fourth-order valence-electron chi connectivity index (χ4n) is 2.17. The highest BCUT2D eigenvalue weighted by atomic mass is 35.5. The Balaban J connectivity index is 3.30. The molecule has 6 nitrogen and oxygen atoms in total. The van der Waals surface area contributed by atoms with E-state index in [4.69, 9.17) is 22.1 Å². The van der Waals surface area contributed by atoms with Gasteiger partial charge in [0, 0.05) is 0 Å². The molecule has 0 fully saturated rings. The average Bonchev–Trinajstić information content (AvgIpc) is 2.51. The minimum absolute atomic E-state index is 0.0894. The predicted molar refractivity (Wildman–Crippen MR) is 76.6 cm³/mol. The number of primary amides is 1. The number of imidazole rings is 1. The summed E-state index contributed by atoms with van der Waals surface area (Å²) in [7, 11) is 0. The van der Waals surface area contributed by atoms with Gasteiger partial charge < -0.3 is 20.1 Å². The summed E-state index contributed by atoms with van der Waals surface area (Å²) >= 11 is 6.08. The quantitative estimate of drug-likeness (QED) is 0.894. The third kappa shape index (κ3) is 3.64. The second kappa shape index (κ2) is 6.01. The van der Waals surface area contributed by atoms with Gasteiger partial charge in [-0.15, -0.1) is 0 Å². The Morgan fingerprint density at radius 1 is 1.55 bits per heavy atom. The number of aromatic nitrogens is 2. The highest BCUT2D eigenvalue weighted by Crippen LogP contribution is 2.36. The number of carbonyl (C=O) groups excluding carboxylic acids is 1. The molecule has 1 aromatic heterocycles. The largest absolute Gasteiger partial charge is 0.447 e. The van der Waals surface area contributed by atoms with Crippen molar-refractivity contribution in [3.05, 3.63) is 16.7 Å². The van der Waals surface area contributed by atoms with Gasteiger partial charge in [-0.25, -0.2) is 9.78 Å². The van der Waals surface area contributed by atoms with Crippen LogP contribution in [-0.4, -0.2) is 27.4 Å². The topological polar surface area (TPSA) is 90.4 Å². The molecule has 0 aliphatic carbocycles. The van der Waals surface area contributed by atoms with Crippen LogP contribution in [0.15, 0.2) is 0 Å². The first-order chi connectivity index (χ1) is 9.05. The molecule has 20 heavy (non-hydrogen) atoms. The summed E-state index contributed by atoms with van der Waals surface area (Å²) in [6.07, 6.45) is -1.61. The first kappa shape index (κ1) is 16.8. The first-order valence-corrected chi connectivity index (χ1v) is 6.78. The zero-order valence-corrected chi connectivity index (χ0v) is 13.2. The van der Waals surface area contributed by atoms with E-state index in [2.05, 4.69) is 4.98 Å². The Morgan fingerprint density at radius 2 is 2.10 bits per heavy atom. The lowest BCUT2D eigenvalue weighted by Gasteiger charge is -2.33. The highest BCUT2D eigenvalue weighted by molar-refractivity contribution is 6.30. The van der Waals surface area contributed by atoms with Gasteiger partial charge in [0.15, 0.2) is 5.15 Å². The summed E-state index contributed by atoms with van der Waals surface area (Å²) in [5.74, 6) is 0.652. The van der Waals surface area contributed by atoms with E-state index in [-0.39, 0.29) is 23.2 Å². The number of carbonyl (C=O) groups is 1. The molecule has 1 heterocycles. The Labute approximate surface area is 123 Å². The van der Waals surface area contributed by atoms with Crippen molar-refractivity contribution in [2.24, 2.45) is 11.1 Å². The normalized spacial score (nSPS) is 14.9. The number of aryl methyl sites for hydroxylation is 1. The summed E-state index contributed by atoms with van der Waals surface area (Å²) in [5, 5.41) is 10.2. The smallest absolute Gasteiger partial charge is 0.404 e. The van der Waals surface area contributed by atoms with E-state index in [1.807, 2.05) is 25.3 Å². The summed E-state index contributed by atoms with van der Waals surface area (Å²) in [5.41, 5.74) is 5.31. The molecule has 0 saturated heterocycles. The fourth-order valence-corrected chi connectivity index (χ4v) is 2.54. The second-order valence-corrected chi connectivity index (χ2v) is 6.25. The molecular weight excluding hydrogens is 282 g/mol. The molecule has 1 aromatic rings. The van der Waals surface area contributed by atoms with E-state index in [9.17, 15) is 9.90 Å². The van der Waals surface area contributed by atoms with Gasteiger partial charge in [-0.3, -0.25) is 0 Å². The van der Waals surface area contributed by atoms with Crippen molar-refractivity contribution in [1.29, 1.82) is 0 Å². The van der Waals surface area contributed by atoms with Crippen LogP contribution in [0.25, 0.3) is 0 Å². The van der Waals surface area contributed by atoms with Gasteiger partial charge in [-0.2, -0.15) is 0 Å². The number of amides is 1. The van der Waals surface area contributed by atoms with Crippen molar-refractivity contribution in [3.8, 4) is 0 Å². The van der Waals surface area contributed by atoms with Gasteiger partial charge in [0.1, 0.15) is 12.4 Å². The van der Waals surface area contributed by atoms with Crippen LogP contribution >= 0.6 is 11.6 Å². The van der Waals surface area contributed by atoms with Crippen LogP contribution in [0.3, 0.4) is 0 Å².